The number of amides is 1. The zero-order valence-electron chi connectivity index (χ0n) is 14.4. The Kier molecular flexibility index (Phi) is 5.61. The number of hydrogen-bond donors (Lipinski definition) is 1. The van der Waals surface area contributed by atoms with Crippen molar-refractivity contribution < 1.29 is 19.1 Å². The molecule has 1 atom stereocenters. The van der Waals surface area contributed by atoms with Gasteiger partial charge in [-0.25, -0.2) is 9.18 Å². The molecule has 1 heterocycles. The number of halogens is 1. The lowest BCUT2D eigenvalue weighted by atomic mass is 9.96. The molecule has 1 unspecified atom stereocenters. The summed E-state index contributed by atoms with van der Waals surface area (Å²) < 4.78 is 12.9. The quantitative estimate of drug-likeness (QED) is 0.809. The van der Waals surface area contributed by atoms with Gasteiger partial charge in [0.2, 0.25) is 5.91 Å². The average Bonchev–Trinajstić information content (AvgIpc) is 2.65. The first-order valence-electron chi connectivity index (χ1n) is 8.46. The number of thioether (sulfide) groups is 1. The van der Waals surface area contributed by atoms with Crippen molar-refractivity contribution in [1.82, 2.24) is 4.90 Å². The van der Waals surface area contributed by atoms with Gasteiger partial charge in [0.25, 0.3) is 0 Å². The van der Waals surface area contributed by atoms with E-state index in [4.69, 9.17) is 5.11 Å². The highest BCUT2D eigenvalue weighted by Gasteiger charge is 2.25. The largest absolute Gasteiger partial charge is 0.478 e. The van der Waals surface area contributed by atoms with Gasteiger partial charge in [-0.15, -0.1) is 11.8 Å². The normalized spacial score (nSPS) is 14.6. The predicted molar refractivity (Wildman–Crippen MR) is 98.8 cm³/mol. The molecule has 2 aromatic carbocycles. The summed E-state index contributed by atoms with van der Waals surface area (Å²) in [5, 5.41) is 9.14. The Morgan fingerprint density at radius 1 is 1.19 bits per heavy atom. The maximum absolute atomic E-state index is 12.9. The number of carbonyl (C=O) groups is 2. The Balaban J connectivity index is 1.62. The van der Waals surface area contributed by atoms with Crippen LogP contribution in [0.3, 0.4) is 0 Å². The minimum atomic E-state index is -0.958. The summed E-state index contributed by atoms with van der Waals surface area (Å²) in [5.74, 6) is -0.727. The molecule has 0 radical (unpaired) electrons. The molecule has 0 bridgehead atoms. The van der Waals surface area contributed by atoms with E-state index in [1.165, 1.54) is 23.9 Å². The van der Waals surface area contributed by atoms with Gasteiger partial charge >= 0.3 is 5.97 Å². The molecule has 1 N–H and O–H groups in total. The zero-order chi connectivity index (χ0) is 18.7. The summed E-state index contributed by atoms with van der Waals surface area (Å²) >= 11 is 1.53. The van der Waals surface area contributed by atoms with Crippen molar-refractivity contribution >= 4 is 23.6 Å². The Hall–Kier alpha value is -2.34. The molecule has 26 heavy (non-hydrogen) atoms. The lowest BCUT2D eigenvalue weighted by Gasteiger charge is -2.31. The molecule has 0 saturated carbocycles. The van der Waals surface area contributed by atoms with Crippen LogP contribution in [0, 0.1) is 11.7 Å². The zero-order valence-corrected chi connectivity index (χ0v) is 15.3. The first kappa shape index (κ1) is 18.5. The Morgan fingerprint density at radius 2 is 1.92 bits per heavy atom. The summed E-state index contributed by atoms with van der Waals surface area (Å²) in [4.78, 5) is 26.6. The van der Waals surface area contributed by atoms with Gasteiger partial charge in [0.15, 0.2) is 0 Å². The van der Waals surface area contributed by atoms with E-state index >= 15 is 0 Å². The van der Waals surface area contributed by atoms with E-state index in [9.17, 15) is 14.0 Å². The standard InChI is InChI=1S/C20H20FNO3S/c1-13(12-26-18-6-4-17(21)5-7-18)19(23)22-9-8-14-2-3-15(20(24)25)10-16(14)11-22/h2-7,10,13H,8-9,11-12H2,1H3,(H,24,25). The van der Waals surface area contributed by atoms with E-state index in [0.29, 0.717) is 18.8 Å². The third kappa shape index (κ3) is 4.25. The van der Waals surface area contributed by atoms with Gasteiger partial charge in [0.1, 0.15) is 5.82 Å². The smallest absolute Gasteiger partial charge is 0.335 e. The number of aromatic carboxylic acids is 1. The van der Waals surface area contributed by atoms with Crippen LogP contribution in [-0.2, 0) is 17.8 Å². The highest BCUT2D eigenvalue weighted by atomic mass is 32.2. The molecule has 1 amide bonds. The minimum Gasteiger partial charge on any atom is -0.478 e. The van der Waals surface area contributed by atoms with Crippen molar-refractivity contribution in [3.8, 4) is 0 Å². The molecular weight excluding hydrogens is 353 g/mol. The number of hydrogen-bond acceptors (Lipinski definition) is 3. The molecule has 0 aliphatic carbocycles. The van der Waals surface area contributed by atoms with Gasteiger partial charge in [0.05, 0.1) is 5.56 Å². The summed E-state index contributed by atoms with van der Waals surface area (Å²) in [6.45, 7) is 2.98. The molecule has 4 nitrogen and oxygen atoms in total. The second-order valence-corrected chi connectivity index (χ2v) is 7.56. The molecular formula is C20H20FNO3S. The molecule has 0 fully saturated rings. The van der Waals surface area contributed by atoms with Crippen LogP contribution in [0.2, 0.25) is 0 Å². The van der Waals surface area contributed by atoms with Crippen molar-refractivity contribution in [2.24, 2.45) is 5.92 Å². The predicted octanol–water partition coefficient (Wildman–Crippen LogP) is 3.84. The maximum Gasteiger partial charge on any atom is 0.335 e. The van der Waals surface area contributed by atoms with Crippen LogP contribution in [0.15, 0.2) is 47.4 Å². The number of rotatable bonds is 5. The van der Waals surface area contributed by atoms with Crippen LogP contribution in [-0.4, -0.2) is 34.2 Å². The third-order valence-electron chi connectivity index (χ3n) is 4.51. The molecule has 0 aromatic heterocycles. The van der Waals surface area contributed by atoms with E-state index in [1.807, 2.05) is 13.0 Å². The van der Waals surface area contributed by atoms with E-state index in [2.05, 4.69) is 0 Å². The van der Waals surface area contributed by atoms with Crippen molar-refractivity contribution in [3.63, 3.8) is 0 Å². The van der Waals surface area contributed by atoms with E-state index in [0.717, 1.165) is 22.4 Å². The Bertz CT molecular complexity index is 822. The number of nitrogens with zero attached hydrogens (tertiary/aromatic N) is 1. The topological polar surface area (TPSA) is 57.6 Å². The fourth-order valence-electron chi connectivity index (χ4n) is 3.01. The molecule has 3 rings (SSSR count). The summed E-state index contributed by atoms with van der Waals surface area (Å²) in [5.41, 5.74) is 2.26. The number of benzene rings is 2. The molecule has 0 saturated heterocycles. The van der Waals surface area contributed by atoms with Crippen LogP contribution in [0.5, 0.6) is 0 Å². The lowest BCUT2D eigenvalue weighted by molar-refractivity contribution is -0.135. The molecule has 0 spiro atoms. The summed E-state index contributed by atoms with van der Waals surface area (Å²) in [6, 6.07) is 11.4. The van der Waals surface area contributed by atoms with Gasteiger partial charge in [0, 0.05) is 29.7 Å². The summed E-state index contributed by atoms with van der Waals surface area (Å²) in [6.07, 6.45) is 0.735. The Labute approximate surface area is 156 Å². The highest BCUT2D eigenvalue weighted by Crippen LogP contribution is 2.25. The van der Waals surface area contributed by atoms with Crippen molar-refractivity contribution in [1.29, 1.82) is 0 Å². The number of carboxylic acids is 1. The van der Waals surface area contributed by atoms with Gasteiger partial charge in [-0.2, -0.15) is 0 Å². The monoisotopic (exact) mass is 373 g/mol. The molecule has 1 aliphatic rings. The van der Waals surface area contributed by atoms with E-state index in [1.54, 1.807) is 29.2 Å². The maximum atomic E-state index is 12.9. The second kappa shape index (κ2) is 7.91. The van der Waals surface area contributed by atoms with Crippen molar-refractivity contribution in [2.75, 3.05) is 12.3 Å². The second-order valence-electron chi connectivity index (χ2n) is 6.46. The first-order chi connectivity index (χ1) is 12.4. The minimum absolute atomic E-state index is 0.0611. The van der Waals surface area contributed by atoms with Gasteiger partial charge in [-0.05, 0) is 53.9 Å². The van der Waals surface area contributed by atoms with Gasteiger partial charge in [-0.1, -0.05) is 13.0 Å². The highest BCUT2D eigenvalue weighted by molar-refractivity contribution is 7.99. The van der Waals surface area contributed by atoms with Crippen LogP contribution >= 0.6 is 11.8 Å². The average molecular weight is 373 g/mol. The Morgan fingerprint density at radius 3 is 2.62 bits per heavy atom. The number of carboxylic acid groups (broad SMARTS) is 1. The van der Waals surface area contributed by atoms with E-state index in [-0.39, 0.29) is 23.2 Å². The van der Waals surface area contributed by atoms with E-state index < -0.39 is 5.97 Å². The third-order valence-corrected chi connectivity index (χ3v) is 5.78. The van der Waals surface area contributed by atoms with Crippen LogP contribution in [0.1, 0.15) is 28.4 Å². The SMILES string of the molecule is CC(CSc1ccc(F)cc1)C(=O)N1CCc2ccc(C(=O)O)cc2C1. The van der Waals surface area contributed by atoms with Crippen molar-refractivity contribution in [2.45, 2.75) is 24.8 Å². The molecule has 2 aromatic rings. The number of carbonyl (C=O) groups excluding carboxylic acids is 1. The van der Waals surface area contributed by atoms with Gasteiger partial charge < -0.3 is 10.0 Å². The van der Waals surface area contributed by atoms with Crippen molar-refractivity contribution in [3.05, 3.63) is 65.0 Å². The fraction of sp³-hybridized carbons (Fsp3) is 0.300. The van der Waals surface area contributed by atoms with Gasteiger partial charge in [-0.3, -0.25) is 4.79 Å². The molecule has 1 aliphatic heterocycles. The summed E-state index contributed by atoms with van der Waals surface area (Å²) in [7, 11) is 0. The number of fused-ring (bicyclic) bond motifs is 1. The fourth-order valence-corrected chi connectivity index (χ4v) is 3.93. The lowest BCUT2D eigenvalue weighted by Crippen LogP contribution is -2.39. The van der Waals surface area contributed by atoms with Crippen LogP contribution in [0.25, 0.3) is 0 Å². The first-order valence-corrected chi connectivity index (χ1v) is 9.45. The van der Waals surface area contributed by atoms with Crippen LogP contribution in [0.4, 0.5) is 4.39 Å². The molecule has 6 heteroatoms. The van der Waals surface area contributed by atoms with Crippen LogP contribution < -0.4 is 0 Å². The molecule has 136 valence electrons.